The van der Waals surface area contributed by atoms with E-state index in [1.165, 1.54) is 24.3 Å². The molecule has 0 saturated carbocycles. The van der Waals surface area contributed by atoms with Crippen LogP contribution in [0.5, 0.6) is 0 Å². The highest BCUT2D eigenvalue weighted by Gasteiger charge is 2.34. The summed E-state index contributed by atoms with van der Waals surface area (Å²) in [5.41, 5.74) is 7.47. The van der Waals surface area contributed by atoms with Crippen molar-refractivity contribution in [3.05, 3.63) is 65.0 Å². The van der Waals surface area contributed by atoms with Crippen molar-refractivity contribution in [1.29, 1.82) is 0 Å². The summed E-state index contributed by atoms with van der Waals surface area (Å²) in [5.74, 6) is -4.53. The van der Waals surface area contributed by atoms with Crippen LogP contribution in [0.3, 0.4) is 0 Å². The van der Waals surface area contributed by atoms with Gasteiger partial charge in [0.2, 0.25) is 18.0 Å². The number of anilines is 1. The summed E-state index contributed by atoms with van der Waals surface area (Å²) in [6.45, 7) is 2.83. The van der Waals surface area contributed by atoms with E-state index in [4.69, 9.17) is 5.73 Å². The molecule has 3 amide bonds. The lowest BCUT2D eigenvalue weighted by atomic mass is 9.97. The molecular formula is C26H27F7N4O3. The van der Waals surface area contributed by atoms with E-state index >= 15 is 0 Å². The van der Waals surface area contributed by atoms with Crippen LogP contribution < -0.4 is 16.4 Å². The highest BCUT2D eigenvalue weighted by molar-refractivity contribution is 6.20. The lowest BCUT2D eigenvalue weighted by molar-refractivity contribution is -0.143. The minimum atomic E-state index is -4.54. The number of para-hydroxylation sites is 1. The Labute approximate surface area is 225 Å². The molecule has 1 heterocycles. The van der Waals surface area contributed by atoms with Crippen molar-refractivity contribution in [1.82, 2.24) is 5.32 Å². The number of nitrogens with two attached hydrogens (primary N) is 1. The number of carbonyl (C=O) groups excluding carboxylic acids is 3. The predicted molar refractivity (Wildman–Crippen MR) is 133 cm³/mol. The van der Waals surface area contributed by atoms with Gasteiger partial charge in [0.15, 0.2) is 0 Å². The maximum absolute atomic E-state index is 13.5. The van der Waals surface area contributed by atoms with E-state index in [1.54, 1.807) is 25.1 Å². The van der Waals surface area contributed by atoms with Gasteiger partial charge in [-0.15, -0.1) is 0 Å². The second-order valence-electron chi connectivity index (χ2n) is 8.87. The quantitative estimate of drug-likeness (QED) is 0.396. The van der Waals surface area contributed by atoms with Gasteiger partial charge < -0.3 is 16.4 Å². The number of hydrogen-bond donors (Lipinski definition) is 3. The molecule has 1 aliphatic rings. The van der Waals surface area contributed by atoms with E-state index < -0.39 is 73.7 Å². The molecule has 7 nitrogen and oxygen atoms in total. The molecular weight excluding hydrogens is 549 g/mol. The monoisotopic (exact) mass is 576 g/mol. The van der Waals surface area contributed by atoms with E-state index in [9.17, 15) is 45.1 Å². The molecule has 2 unspecified atom stereocenters. The highest BCUT2D eigenvalue weighted by atomic mass is 19.4. The van der Waals surface area contributed by atoms with Crippen LogP contribution in [0.2, 0.25) is 0 Å². The molecule has 0 saturated heterocycles. The second kappa shape index (κ2) is 13.4. The summed E-state index contributed by atoms with van der Waals surface area (Å²) in [6, 6.07) is 10.5. The van der Waals surface area contributed by atoms with E-state index in [0.29, 0.717) is 22.4 Å². The number of nitrogens with zero attached hydrogens (tertiary/aromatic N) is 1. The van der Waals surface area contributed by atoms with E-state index in [-0.39, 0.29) is 5.71 Å². The molecule has 0 aromatic heterocycles. The van der Waals surface area contributed by atoms with E-state index in [2.05, 4.69) is 15.6 Å². The van der Waals surface area contributed by atoms with Crippen LogP contribution in [-0.4, -0.2) is 42.0 Å². The van der Waals surface area contributed by atoms with Gasteiger partial charge in [0.05, 0.1) is 11.4 Å². The third kappa shape index (κ3) is 9.97. The van der Waals surface area contributed by atoms with Crippen LogP contribution in [0.4, 0.5) is 36.4 Å². The van der Waals surface area contributed by atoms with Crippen LogP contribution in [0, 0.1) is 18.7 Å². The van der Waals surface area contributed by atoms with Crippen molar-refractivity contribution in [2.75, 3.05) is 5.32 Å². The summed E-state index contributed by atoms with van der Waals surface area (Å²) < 4.78 is 83.9. The first-order chi connectivity index (χ1) is 18.5. The lowest BCUT2D eigenvalue weighted by Gasteiger charge is -2.19. The first-order valence-electron chi connectivity index (χ1n) is 12.0. The molecule has 218 valence electrons. The zero-order valence-corrected chi connectivity index (χ0v) is 21.4. The molecule has 2 aromatic rings. The van der Waals surface area contributed by atoms with Gasteiger partial charge in [-0.3, -0.25) is 14.4 Å². The Morgan fingerprint density at radius 2 is 1.65 bits per heavy atom. The van der Waals surface area contributed by atoms with Gasteiger partial charge in [-0.25, -0.2) is 9.38 Å². The second-order valence-corrected chi connectivity index (χ2v) is 8.87. The summed E-state index contributed by atoms with van der Waals surface area (Å²) in [7, 11) is 0. The normalized spacial score (nSPS) is 15.9. The number of amides is 3. The van der Waals surface area contributed by atoms with Crippen LogP contribution in [0.1, 0.15) is 49.3 Å². The van der Waals surface area contributed by atoms with Crippen LogP contribution in [0.25, 0.3) is 0 Å². The van der Waals surface area contributed by atoms with Gasteiger partial charge >= 0.3 is 12.4 Å². The van der Waals surface area contributed by atoms with Gasteiger partial charge in [-0.1, -0.05) is 25.1 Å². The van der Waals surface area contributed by atoms with Crippen molar-refractivity contribution in [3.63, 3.8) is 0 Å². The first-order valence-corrected chi connectivity index (χ1v) is 12.0. The number of benzodiazepines with no additional fused rings is 1. The van der Waals surface area contributed by atoms with Crippen molar-refractivity contribution in [2.24, 2.45) is 16.6 Å². The Bertz CT molecular complexity index is 1240. The average molecular weight is 577 g/mol. The van der Waals surface area contributed by atoms with Gasteiger partial charge in [0.25, 0.3) is 5.91 Å². The van der Waals surface area contributed by atoms with Gasteiger partial charge in [0, 0.05) is 36.3 Å². The van der Waals surface area contributed by atoms with Gasteiger partial charge in [-0.2, -0.15) is 26.3 Å². The molecule has 40 heavy (non-hydrogen) atoms. The number of primary amides is 1. The summed E-state index contributed by atoms with van der Waals surface area (Å²) in [6.07, 6.45) is -13.3. The third-order valence-corrected chi connectivity index (χ3v) is 5.67. The van der Waals surface area contributed by atoms with Crippen molar-refractivity contribution < 1.29 is 45.1 Å². The van der Waals surface area contributed by atoms with Crippen molar-refractivity contribution in [3.8, 4) is 0 Å². The van der Waals surface area contributed by atoms with Crippen molar-refractivity contribution >= 4 is 29.1 Å². The van der Waals surface area contributed by atoms with Crippen molar-refractivity contribution in [2.45, 2.75) is 58.0 Å². The Hall–Kier alpha value is -3.97. The number of aliphatic imine (C=N–C) groups is 1. The molecule has 0 spiro atoms. The smallest absolute Gasteiger partial charge is 0.370 e. The Morgan fingerprint density at radius 1 is 1.05 bits per heavy atom. The molecule has 0 radical (unpaired) electrons. The zero-order chi connectivity index (χ0) is 30.3. The van der Waals surface area contributed by atoms with Crippen LogP contribution >= 0.6 is 0 Å². The number of halogens is 7. The Kier molecular flexibility index (Phi) is 10.8. The molecule has 2 atom stereocenters. The number of fused-ring (bicyclic) bond motifs is 1. The number of nitrogens with one attached hydrogen (secondary N) is 2. The fourth-order valence-corrected chi connectivity index (χ4v) is 3.57. The summed E-state index contributed by atoms with van der Waals surface area (Å²) in [4.78, 5) is 41.3. The molecule has 1 aliphatic heterocycles. The number of benzene rings is 2. The molecule has 3 rings (SSSR count). The summed E-state index contributed by atoms with van der Waals surface area (Å²) in [5, 5.41) is 5.01. The minimum absolute atomic E-state index is 0.268. The fraction of sp³-hybridized carbons (Fsp3) is 0.385. The fourth-order valence-electron chi connectivity index (χ4n) is 3.57. The van der Waals surface area contributed by atoms with Crippen LogP contribution in [-0.2, 0) is 14.4 Å². The average Bonchev–Trinajstić information content (AvgIpc) is 2.99. The van der Waals surface area contributed by atoms with E-state index in [1.807, 2.05) is 0 Å². The third-order valence-electron chi connectivity index (χ3n) is 5.67. The van der Waals surface area contributed by atoms with E-state index in [0.717, 1.165) is 6.92 Å². The Morgan fingerprint density at radius 3 is 2.17 bits per heavy atom. The molecule has 0 fully saturated rings. The summed E-state index contributed by atoms with van der Waals surface area (Å²) >= 11 is 0. The number of aryl methyl sites for hydroxylation is 1. The molecule has 4 N–H and O–H groups in total. The molecule has 2 aromatic carbocycles. The first kappa shape index (κ1) is 32.2. The van der Waals surface area contributed by atoms with Gasteiger partial charge in [0.1, 0.15) is 5.82 Å². The van der Waals surface area contributed by atoms with Gasteiger partial charge in [-0.05, 0) is 43.2 Å². The maximum atomic E-state index is 13.5. The SMILES string of the molecule is CCC(F)(F)F.Cc1cccc2c1NC(=O)C(NC(=O)C(CCC(F)(F)F)CC(N)=O)N=C2c1ccc(F)cc1. The number of hydrogen-bond acceptors (Lipinski definition) is 4. The predicted octanol–water partition coefficient (Wildman–Crippen LogP) is 5.16. The molecule has 0 aliphatic carbocycles. The standard InChI is InChI=1S/C23H22F4N4O3.C3H5F3/c1-12-3-2-4-16-18(12)30-22(34)20(29-19(16)13-5-7-15(24)8-6-13)31-21(33)14(11-17(28)32)9-10-23(25,26)27;1-2-3(4,5)6/h2-8,14,20H,9-11H2,1H3,(H2,28,32)(H,30,34)(H,31,33);2H2,1H3. The topological polar surface area (TPSA) is 114 Å². The Balaban J connectivity index is 0.000000840. The number of carbonyl (C=O) groups is 3. The molecule has 0 bridgehead atoms. The zero-order valence-electron chi connectivity index (χ0n) is 21.4. The largest absolute Gasteiger partial charge is 0.389 e. The number of rotatable bonds is 7. The number of alkyl halides is 6. The minimum Gasteiger partial charge on any atom is -0.370 e. The maximum Gasteiger partial charge on any atom is 0.389 e. The highest BCUT2D eigenvalue weighted by Crippen LogP contribution is 2.28. The van der Waals surface area contributed by atoms with Crippen LogP contribution in [0.15, 0.2) is 47.5 Å². The lowest BCUT2D eigenvalue weighted by Crippen LogP contribution is -2.45. The molecule has 14 heteroatoms.